The number of aromatic amines is 1. The van der Waals surface area contributed by atoms with Crippen molar-refractivity contribution in [3.8, 4) is 10.7 Å². The van der Waals surface area contributed by atoms with Crippen LogP contribution in [0.3, 0.4) is 0 Å². The number of carbonyl (C=O) groups is 8. The largest absolute Gasteiger partial charge is 0.441 e. The summed E-state index contributed by atoms with van der Waals surface area (Å²) in [6.45, 7) is 7.89. The number of primary amides is 3. The van der Waals surface area contributed by atoms with Crippen molar-refractivity contribution in [3.05, 3.63) is 56.8 Å². The minimum absolute atomic E-state index is 0.0148. The molecule has 21 N–H and O–H groups in total. The number of carbonyl (C=O) groups excluding carboxylic acids is 8. The molecule has 4 unspecified atom stereocenters. The third kappa shape index (κ3) is 22.6. The van der Waals surface area contributed by atoms with E-state index < -0.39 is 194 Å². The third-order valence-electron chi connectivity index (χ3n) is 16.7. The van der Waals surface area contributed by atoms with Crippen molar-refractivity contribution in [3.63, 3.8) is 0 Å². The molecule has 550 valence electrons. The Kier molecular flexibility index (Phi) is 30.9. The number of hydrogen-bond acceptors (Lipinski definition) is 30. The molecule has 0 aromatic carbocycles. The van der Waals surface area contributed by atoms with E-state index in [1.54, 1.807) is 24.6 Å². The van der Waals surface area contributed by atoms with E-state index in [0.717, 1.165) is 18.5 Å². The zero-order valence-electron chi connectivity index (χ0n) is 56.0. The molecule has 2 aliphatic rings. The number of aliphatic hydroxyl groups is 7. The molecule has 0 aliphatic carbocycles. The molecule has 4 aromatic rings. The van der Waals surface area contributed by atoms with E-state index in [0.29, 0.717) is 22.3 Å². The first kappa shape index (κ1) is 81.1. The van der Waals surface area contributed by atoms with Crippen molar-refractivity contribution in [2.45, 2.75) is 190 Å². The summed E-state index contributed by atoms with van der Waals surface area (Å²) < 4.78 is 35.4. The fraction of sp³-hybridized carbons (Fsp3) is 0.656. The number of Topliss-reactive ketones (excluding diaryl/α,β-unsaturated/α-hetero) is 2. The molecular formula is C61H93N14O21S3+. The number of hydrogen-bond donors (Lipinski definition) is 16. The molecule has 2 fully saturated rings. The van der Waals surface area contributed by atoms with Gasteiger partial charge in [-0.3, -0.25) is 33.6 Å². The Morgan fingerprint density at radius 1 is 0.798 bits per heavy atom. The number of thiazole rings is 2. The summed E-state index contributed by atoms with van der Waals surface area (Å²) in [6, 6.07) is -2.58. The minimum atomic E-state index is -2.14. The van der Waals surface area contributed by atoms with Crippen LogP contribution in [0.15, 0.2) is 23.3 Å². The maximum Gasteiger partial charge on any atom is 0.404 e. The number of amides is 6. The van der Waals surface area contributed by atoms with Crippen LogP contribution in [0.1, 0.15) is 128 Å². The lowest BCUT2D eigenvalue weighted by Gasteiger charge is -2.47. The highest BCUT2D eigenvalue weighted by atomic mass is 32.2. The van der Waals surface area contributed by atoms with E-state index in [1.807, 2.05) is 0 Å². The van der Waals surface area contributed by atoms with Gasteiger partial charge in [0.2, 0.25) is 23.6 Å². The molecule has 19 atom stereocenters. The normalized spacial score (nSPS) is 23.8. The van der Waals surface area contributed by atoms with E-state index in [-0.39, 0.29) is 77.8 Å². The molecule has 38 heteroatoms. The summed E-state index contributed by atoms with van der Waals surface area (Å²) in [4.78, 5) is 132. The summed E-state index contributed by atoms with van der Waals surface area (Å²) >= 11 is 2.57. The van der Waals surface area contributed by atoms with Crippen LogP contribution in [0, 0.1) is 24.7 Å². The molecule has 4 aromatic heterocycles. The van der Waals surface area contributed by atoms with Gasteiger partial charge in [-0.15, -0.1) is 22.7 Å². The van der Waals surface area contributed by atoms with Crippen LogP contribution < -0.4 is 44.6 Å². The molecule has 6 heterocycles. The number of aliphatic hydroxyl groups excluding tert-OH is 7. The molecule has 99 heavy (non-hydrogen) atoms. The number of nitrogens with zero attached hydrogens (tertiary/aromatic N) is 5. The molecule has 0 bridgehead atoms. The van der Waals surface area contributed by atoms with Gasteiger partial charge in [-0.25, -0.2) is 29.7 Å². The van der Waals surface area contributed by atoms with Crippen LogP contribution in [-0.2, 0) is 69.7 Å². The quantitative estimate of drug-likeness (QED) is 0.0121. The molecule has 2 saturated heterocycles. The summed E-state index contributed by atoms with van der Waals surface area (Å²) in [6.07, 6.45) is -20.4. The van der Waals surface area contributed by atoms with Gasteiger partial charge in [0.05, 0.1) is 91.2 Å². The van der Waals surface area contributed by atoms with Crippen LogP contribution in [0.25, 0.3) is 10.7 Å². The number of H-pyrrole nitrogens is 1. The van der Waals surface area contributed by atoms with E-state index in [4.69, 9.17) is 57.1 Å². The van der Waals surface area contributed by atoms with Gasteiger partial charge in [-0.1, -0.05) is 6.92 Å². The smallest absolute Gasteiger partial charge is 0.404 e. The Morgan fingerprint density at radius 2 is 1.51 bits per heavy atom. The Hall–Kier alpha value is -6.86. The van der Waals surface area contributed by atoms with Crippen LogP contribution in [0.2, 0.25) is 0 Å². The van der Waals surface area contributed by atoms with Crippen LogP contribution in [0.4, 0.5) is 10.6 Å². The molecule has 0 saturated carbocycles. The monoisotopic (exact) mass is 1450 g/mol. The van der Waals surface area contributed by atoms with E-state index in [1.165, 1.54) is 56.6 Å². The zero-order valence-corrected chi connectivity index (χ0v) is 58.5. The number of ketones is 2. The Bertz CT molecular complexity index is 3350. The summed E-state index contributed by atoms with van der Waals surface area (Å²) in [5.74, 6) is -10.4. The van der Waals surface area contributed by atoms with E-state index >= 15 is 9.59 Å². The lowest BCUT2D eigenvalue weighted by atomic mass is 9.86. The van der Waals surface area contributed by atoms with Gasteiger partial charge in [0, 0.05) is 73.4 Å². The van der Waals surface area contributed by atoms with E-state index in [9.17, 15) is 64.5 Å². The number of aromatic nitrogens is 6. The van der Waals surface area contributed by atoms with E-state index in [2.05, 4.69) is 58.4 Å². The van der Waals surface area contributed by atoms with Gasteiger partial charge < -0.3 is 114 Å². The first-order chi connectivity index (χ1) is 46.7. The van der Waals surface area contributed by atoms with Crippen LogP contribution >= 0.6 is 22.7 Å². The molecule has 6 rings (SSSR count). The Balaban J connectivity index is 1.28. The van der Waals surface area contributed by atoms with Crippen LogP contribution in [-0.4, -0.2) is 249 Å². The second-order valence-electron chi connectivity index (χ2n) is 24.9. The highest BCUT2D eigenvalue weighted by Gasteiger charge is 2.54. The SMILES string of the molecule is Cc1c(N)nc([C@@H](CC[C@H](N)C(N)=O)CC(N)=O)nc1C(=O)C[C@H](C(=O)N[C@H](C)[C@@H](O)[C@H](C)C(=O)C[C@H](C(=O)NCCc1nc(-c2nc(C(=O)NCCC[S+](C)C)cs2)cs1)[C@@H](C)O)[C@@H](O[C@@H]1OC(CO)[C@@H](O)[C@@H](O)C1O[C@H]1OC(COC(C)C)[C@@H](O)C(OC(N)=O)[C@H]1O)c1cnc[nH]1. The summed E-state index contributed by atoms with van der Waals surface area (Å²) in [7, 11) is 0.260. The van der Waals surface area contributed by atoms with Gasteiger partial charge in [0.25, 0.3) is 5.91 Å². The fourth-order valence-electron chi connectivity index (χ4n) is 10.9. The standard InChI is InChI=1S/C61H92N14O21S3/c1-25(2)91-21-40-46(83)50(96-61(66)90)48(85)59(93-40)95-51-47(84)45(82)39(20-76)92-60(51)94-49(34-19-67-24-70-34)32(18-38(79)43-27(4)52(64)75-54(74-43)30(16-41(63)80)10-11-33(62)53(65)86)56(88)71-28(5)44(81)26(3)37(78)17-31(29(6)77)55(87)69-14-12-42-72-36(23-97-42)58-73-35(22-98-58)57(89)68-13-9-15-99(7)8/h19,22-26,28-33,39-40,44-51,59-60,76-77,81-85H,9-18,20-21,62H2,1-8H3,(H11-,63,64,65,66,67,68,69,70,71,74,75,80,86,87,88,89,90)/p+1/t26-,28-,29-,30+,31+,32+,33+,39?,40?,44+,45-,46-,47-,48-,49-,50?,51?,59-,60+/m1/s1. The Morgan fingerprint density at radius 3 is 2.13 bits per heavy atom. The van der Waals surface area contributed by atoms with Crippen molar-refractivity contribution in [1.82, 2.24) is 45.9 Å². The molecular weight excluding hydrogens is 1360 g/mol. The topological polar surface area (TPSA) is 580 Å². The maximum absolute atomic E-state index is 15.4. The van der Waals surface area contributed by atoms with Gasteiger partial charge in [-0.05, 0) is 58.4 Å². The number of nitrogens with two attached hydrogens (primary N) is 5. The lowest BCUT2D eigenvalue weighted by molar-refractivity contribution is -0.373. The first-order valence-electron chi connectivity index (χ1n) is 31.9. The second-order valence-corrected chi connectivity index (χ2v) is 29.1. The minimum Gasteiger partial charge on any atom is -0.441 e. The number of imidazole rings is 1. The summed E-state index contributed by atoms with van der Waals surface area (Å²) in [5, 5.41) is 92.0. The van der Waals surface area contributed by atoms with Gasteiger partial charge in [0.1, 0.15) is 94.1 Å². The lowest BCUT2D eigenvalue weighted by Crippen LogP contribution is -2.65. The number of anilines is 1. The van der Waals surface area contributed by atoms with Crippen molar-refractivity contribution < 1.29 is 103 Å². The number of nitrogen functional groups attached to an aromatic ring is 1. The van der Waals surface area contributed by atoms with Gasteiger partial charge >= 0.3 is 6.09 Å². The number of rotatable bonds is 39. The Labute approximate surface area is 581 Å². The molecule has 35 nitrogen and oxygen atoms in total. The second kappa shape index (κ2) is 37.7. The first-order valence-corrected chi connectivity index (χ1v) is 35.9. The maximum atomic E-state index is 15.4. The van der Waals surface area contributed by atoms with Crippen molar-refractivity contribution in [2.75, 3.05) is 50.3 Å². The van der Waals surface area contributed by atoms with Crippen molar-refractivity contribution in [2.24, 2.45) is 40.7 Å². The van der Waals surface area contributed by atoms with Crippen LogP contribution in [0.5, 0.6) is 0 Å². The average Bonchev–Trinajstić information content (AvgIpc) is 1.42. The predicted molar refractivity (Wildman–Crippen MR) is 356 cm³/mol. The number of nitrogens with one attached hydrogen (secondary N) is 4. The van der Waals surface area contributed by atoms with Gasteiger partial charge in [0.15, 0.2) is 24.5 Å². The third-order valence-corrected chi connectivity index (χ3v) is 19.6. The fourth-order valence-corrected chi connectivity index (χ4v) is 13.2. The summed E-state index contributed by atoms with van der Waals surface area (Å²) in [5.41, 5.74) is 28.9. The predicted octanol–water partition coefficient (Wildman–Crippen LogP) is -2.86. The van der Waals surface area contributed by atoms with Gasteiger partial charge in [-0.2, -0.15) is 0 Å². The zero-order chi connectivity index (χ0) is 73.3. The molecule has 0 spiro atoms. The van der Waals surface area contributed by atoms with Crippen molar-refractivity contribution >= 4 is 86.6 Å². The highest BCUT2D eigenvalue weighted by molar-refractivity contribution is 7.95. The average molecular weight is 1450 g/mol. The number of ether oxygens (including phenoxy) is 6. The molecule has 6 amide bonds. The van der Waals surface area contributed by atoms with Crippen molar-refractivity contribution in [1.29, 1.82) is 0 Å². The molecule has 0 radical (unpaired) electrons. The molecule has 2 aliphatic heterocycles. The highest BCUT2D eigenvalue weighted by Crippen LogP contribution is 2.38.